The van der Waals surface area contributed by atoms with Gasteiger partial charge in [0.1, 0.15) is 0 Å². The van der Waals surface area contributed by atoms with Gasteiger partial charge in [-0.1, -0.05) is 11.6 Å². The minimum absolute atomic E-state index is 0.135. The van der Waals surface area contributed by atoms with Crippen LogP contribution in [0.15, 0.2) is 46.3 Å². The van der Waals surface area contributed by atoms with Gasteiger partial charge in [0, 0.05) is 7.05 Å². The van der Waals surface area contributed by atoms with Gasteiger partial charge in [-0.05, 0) is 66.7 Å². The zero-order chi connectivity index (χ0) is 21.8. The second-order valence-corrected chi connectivity index (χ2v) is 7.61. The molecule has 2 aromatic rings. The maximum atomic E-state index is 12.6. The van der Waals surface area contributed by atoms with E-state index in [1.54, 1.807) is 56.4 Å². The summed E-state index contributed by atoms with van der Waals surface area (Å²) in [4.78, 5) is 30.5. The molecule has 0 radical (unpaired) electrons. The van der Waals surface area contributed by atoms with Gasteiger partial charge >= 0.3 is 5.97 Å². The van der Waals surface area contributed by atoms with Crippen LogP contribution < -0.4 is 4.74 Å². The van der Waals surface area contributed by atoms with Crippen LogP contribution >= 0.6 is 23.4 Å². The Morgan fingerprint density at radius 1 is 1.30 bits per heavy atom. The van der Waals surface area contributed by atoms with Gasteiger partial charge < -0.3 is 14.6 Å². The number of rotatable bonds is 5. The summed E-state index contributed by atoms with van der Waals surface area (Å²) in [6.07, 6.45) is 1.67. The number of benzene rings is 2. The Bertz CT molecular complexity index is 1050. The molecule has 1 aliphatic rings. The van der Waals surface area contributed by atoms with Gasteiger partial charge in [-0.2, -0.15) is 0 Å². The molecule has 30 heavy (non-hydrogen) atoms. The standard InChI is InChI=1S/C21H19ClN2O5S/c1-4-29-16-10-12(9-15(22)18(16)25)11-17-19(26)24(2)21(30-17)23-14-7-5-13(6-8-14)20(27)28-3/h5-11,25H,4H2,1-3H3. The molecule has 7 nitrogen and oxygen atoms in total. The molecule has 1 amide bonds. The molecule has 156 valence electrons. The second kappa shape index (κ2) is 9.23. The number of nitrogens with zero attached hydrogens (tertiary/aromatic N) is 2. The number of amides is 1. The zero-order valence-electron chi connectivity index (χ0n) is 16.5. The third-order valence-corrected chi connectivity index (χ3v) is 5.51. The molecule has 0 unspecified atom stereocenters. The number of phenolic OH excluding ortho intramolecular Hbond substituents is 1. The van der Waals surface area contributed by atoms with Crippen LogP contribution in [0.5, 0.6) is 11.5 Å². The summed E-state index contributed by atoms with van der Waals surface area (Å²) in [6.45, 7) is 2.16. The van der Waals surface area contributed by atoms with Crippen molar-refractivity contribution >= 4 is 52.2 Å². The summed E-state index contributed by atoms with van der Waals surface area (Å²) in [5.41, 5.74) is 1.63. The average molecular weight is 447 g/mol. The lowest BCUT2D eigenvalue weighted by atomic mass is 10.2. The summed E-state index contributed by atoms with van der Waals surface area (Å²) in [6, 6.07) is 9.74. The van der Waals surface area contributed by atoms with E-state index in [4.69, 9.17) is 16.3 Å². The first-order chi connectivity index (χ1) is 14.3. The zero-order valence-corrected chi connectivity index (χ0v) is 18.1. The molecule has 0 bridgehead atoms. The second-order valence-electron chi connectivity index (χ2n) is 6.19. The molecule has 0 atom stereocenters. The van der Waals surface area contributed by atoms with Crippen molar-refractivity contribution in [2.75, 3.05) is 20.8 Å². The Morgan fingerprint density at radius 2 is 2.00 bits per heavy atom. The number of halogens is 1. The first-order valence-electron chi connectivity index (χ1n) is 8.94. The summed E-state index contributed by atoms with van der Waals surface area (Å²) in [5, 5.41) is 10.6. The summed E-state index contributed by atoms with van der Waals surface area (Å²) >= 11 is 7.28. The number of esters is 1. The summed E-state index contributed by atoms with van der Waals surface area (Å²) < 4.78 is 10.1. The molecule has 0 spiro atoms. The molecule has 1 heterocycles. The summed E-state index contributed by atoms with van der Waals surface area (Å²) in [7, 11) is 2.95. The smallest absolute Gasteiger partial charge is 0.337 e. The highest BCUT2D eigenvalue weighted by Gasteiger charge is 2.30. The predicted octanol–water partition coefficient (Wildman–Crippen LogP) is 4.46. The first-order valence-corrected chi connectivity index (χ1v) is 10.1. The van der Waals surface area contributed by atoms with Gasteiger partial charge in [-0.15, -0.1) is 0 Å². The van der Waals surface area contributed by atoms with Crippen LogP contribution in [0.1, 0.15) is 22.8 Å². The van der Waals surface area contributed by atoms with Crippen molar-refractivity contribution in [2.45, 2.75) is 6.92 Å². The number of likely N-dealkylation sites (N-methyl/N-ethyl adjacent to an activating group) is 1. The Labute approximate surface area is 183 Å². The van der Waals surface area contributed by atoms with Gasteiger partial charge in [0.15, 0.2) is 16.7 Å². The van der Waals surface area contributed by atoms with Crippen molar-refractivity contribution < 1.29 is 24.2 Å². The molecule has 2 aromatic carbocycles. The van der Waals surface area contributed by atoms with Crippen molar-refractivity contribution in [3.05, 3.63) is 57.5 Å². The van der Waals surface area contributed by atoms with E-state index < -0.39 is 5.97 Å². The van der Waals surface area contributed by atoms with Crippen LogP contribution in [0.25, 0.3) is 6.08 Å². The molecule has 0 aliphatic carbocycles. The molecule has 1 saturated heterocycles. The van der Waals surface area contributed by atoms with E-state index in [9.17, 15) is 14.7 Å². The van der Waals surface area contributed by atoms with Crippen molar-refractivity contribution in [2.24, 2.45) is 4.99 Å². The number of carbonyl (C=O) groups excluding carboxylic acids is 2. The van der Waals surface area contributed by atoms with Crippen LogP contribution in [-0.4, -0.2) is 47.8 Å². The number of methoxy groups -OCH3 is 1. The fourth-order valence-corrected chi connectivity index (χ4v) is 3.85. The third-order valence-electron chi connectivity index (χ3n) is 4.17. The van der Waals surface area contributed by atoms with Gasteiger partial charge in [-0.3, -0.25) is 9.69 Å². The number of amidine groups is 1. The van der Waals surface area contributed by atoms with Crippen molar-refractivity contribution in [3.8, 4) is 11.5 Å². The quantitative estimate of drug-likeness (QED) is 0.538. The fourth-order valence-electron chi connectivity index (χ4n) is 2.65. The monoisotopic (exact) mass is 446 g/mol. The van der Waals surface area contributed by atoms with Crippen LogP contribution in [0.2, 0.25) is 5.02 Å². The van der Waals surface area contributed by atoms with Crippen LogP contribution in [0.4, 0.5) is 5.69 Å². The van der Waals surface area contributed by atoms with Crippen LogP contribution in [-0.2, 0) is 9.53 Å². The number of hydrogen-bond donors (Lipinski definition) is 1. The van der Waals surface area contributed by atoms with Crippen LogP contribution in [0.3, 0.4) is 0 Å². The van der Waals surface area contributed by atoms with E-state index in [1.807, 2.05) is 0 Å². The lowest BCUT2D eigenvalue weighted by Crippen LogP contribution is -2.23. The minimum atomic E-state index is -0.430. The molecule has 0 aromatic heterocycles. The van der Waals surface area contributed by atoms with Gasteiger partial charge in [0.2, 0.25) is 0 Å². The fraction of sp³-hybridized carbons (Fsp3) is 0.190. The van der Waals surface area contributed by atoms with Gasteiger partial charge in [0.05, 0.1) is 34.9 Å². The van der Waals surface area contributed by atoms with Gasteiger partial charge in [-0.25, -0.2) is 9.79 Å². The van der Waals surface area contributed by atoms with E-state index in [0.717, 1.165) is 0 Å². The minimum Gasteiger partial charge on any atom is -0.503 e. The topological polar surface area (TPSA) is 88.4 Å². The van der Waals surface area contributed by atoms with Crippen molar-refractivity contribution in [1.29, 1.82) is 0 Å². The number of carbonyl (C=O) groups is 2. The Hall–Kier alpha value is -2.97. The van der Waals surface area contributed by atoms with E-state index in [2.05, 4.69) is 9.73 Å². The molecule has 1 aliphatic heterocycles. The number of phenols is 1. The number of ether oxygens (including phenoxy) is 2. The van der Waals surface area contributed by atoms with E-state index in [0.29, 0.717) is 33.5 Å². The highest BCUT2D eigenvalue weighted by atomic mass is 35.5. The normalized spacial score (nSPS) is 16.4. The number of aromatic hydroxyl groups is 1. The van der Waals surface area contributed by atoms with E-state index >= 15 is 0 Å². The maximum absolute atomic E-state index is 12.6. The third kappa shape index (κ3) is 4.60. The SMILES string of the molecule is CCOc1cc(C=C2SC(=Nc3ccc(C(=O)OC)cc3)N(C)C2=O)cc(Cl)c1O. The van der Waals surface area contributed by atoms with E-state index in [1.165, 1.54) is 23.8 Å². The van der Waals surface area contributed by atoms with Crippen molar-refractivity contribution in [3.63, 3.8) is 0 Å². The maximum Gasteiger partial charge on any atom is 0.337 e. The first kappa shape index (κ1) is 21.7. The van der Waals surface area contributed by atoms with Crippen LogP contribution in [0, 0.1) is 0 Å². The molecule has 1 N–H and O–H groups in total. The predicted molar refractivity (Wildman–Crippen MR) is 118 cm³/mol. The lowest BCUT2D eigenvalue weighted by Gasteiger charge is -2.08. The number of hydrogen-bond acceptors (Lipinski definition) is 7. The highest BCUT2D eigenvalue weighted by Crippen LogP contribution is 2.38. The van der Waals surface area contributed by atoms with Gasteiger partial charge in [0.25, 0.3) is 5.91 Å². The highest BCUT2D eigenvalue weighted by molar-refractivity contribution is 8.18. The lowest BCUT2D eigenvalue weighted by molar-refractivity contribution is -0.121. The molecular weight excluding hydrogens is 428 g/mol. The molecule has 1 fully saturated rings. The molecular formula is C21H19ClN2O5S. The molecule has 9 heteroatoms. The van der Waals surface area contributed by atoms with E-state index in [-0.39, 0.29) is 22.4 Å². The Kier molecular flexibility index (Phi) is 6.69. The largest absolute Gasteiger partial charge is 0.503 e. The summed E-state index contributed by atoms with van der Waals surface area (Å²) in [5.74, 6) is -0.533. The average Bonchev–Trinajstić information content (AvgIpc) is 2.99. The Balaban J connectivity index is 1.87. The Morgan fingerprint density at radius 3 is 2.63 bits per heavy atom. The molecule has 3 rings (SSSR count). The molecule has 0 saturated carbocycles. The van der Waals surface area contributed by atoms with Crippen molar-refractivity contribution in [1.82, 2.24) is 4.90 Å². The number of aliphatic imine (C=N–C) groups is 1. The number of thioether (sulfide) groups is 1.